The number of benzene rings is 2. The number of aromatic amines is 1. The van der Waals surface area contributed by atoms with Gasteiger partial charge in [-0.25, -0.2) is 9.97 Å². The summed E-state index contributed by atoms with van der Waals surface area (Å²) >= 11 is 0. The minimum Gasteiger partial charge on any atom is -0.496 e. The Bertz CT molecular complexity index is 1290. The topological polar surface area (TPSA) is 78.1 Å². The van der Waals surface area contributed by atoms with Crippen molar-refractivity contribution < 1.29 is 4.74 Å². The molecule has 2 aromatic carbocycles. The van der Waals surface area contributed by atoms with E-state index in [1.807, 2.05) is 24.4 Å². The summed E-state index contributed by atoms with van der Waals surface area (Å²) in [6.07, 6.45) is 5.83. The van der Waals surface area contributed by atoms with Crippen molar-refractivity contribution in [3.63, 3.8) is 0 Å². The van der Waals surface area contributed by atoms with Gasteiger partial charge in [-0.2, -0.15) is 0 Å². The van der Waals surface area contributed by atoms with Gasteiger partial charge in [-0.05, 0) is 61.8 Å². The van der Waals surface area contributed by atoms with Crippen LogP contribution >= 0.6 is 0 Å². The highest BCUT2D eigenvalue weighted by molar-refractivity contribution is 5.91. The van der Waals surface area contributed by atoms with E-state index < -0.39 is 0 Å². The van der Waals surface area contributed by atoms with Gasteiger partial charge in [0.2, 0.25) is 0 Å². The van der Waals surface area contributed by atoms with E-state index in [-0.39, 0.29) is 5.41 Å². The molecule has 2 aliphatic heterocycles. The molecule has 2 aromatic heterocycles. The number of ether oxygens (including phenoxy) is 1. The normalized spacial score (nSPS) is 16.8. The van der Waals surface area contributed by atoms with Gasteiger partial charge in [-0.3, -0.25) is 0 Å². The number of hydrogen-bond donors (Lipinski definition) is 3. The average molecular weight is 441 g/mol. The highest BCUT2D eigenvalue weighted by atomic mass is 16.5. The molecule has 1 fully saturated rings. The van der Waals surface area contributed by atoms with Gasteiger partial charge in [-0.1, -0.05) is 18.2 Å². The second-order valence-corrected chi connectivity index (χ2v) is 8.95. The molecule has 0 amide bonds. The lowest BCUT2D eigenvalue weighted by atomic mass is 9.74. The molecule has 168 valence electrons. The van der Waals surface area contributed by atoms with Crippen molar-refractivity contribution >= 4 is 28.2 Å². The highest BCUT2D eigenvalue weighted by Crippen LogP contribution is 2.50. The Hall–Kier alpha value is -3.58. The minimum absolute atomic E-state index is 0.121. The van der Waals surface area contributed by atoms with Crippen molar-refractivity contribution in [2.24, 2.45) is 0 Å². The molecule has 1 saturated heterocycles. The number of anilines is 3. The maximum Gasteiger partial charge on any atom is 0.145 e. The smallest absolute Gasteiger partial charge is 0.145 e. The highest BCUT2D eigenvalue weighted by Gasteiger charge is 2.44. The number of hydrogen-bond acceptors (Lipinski definition) is 6. The van der Waals surface area contributed by atoms with E-state index in [0.717, 1.165) is 72.9 Å². The Morgan fingerprint density at radius 1 is 1.09 bits per heavy atom. The van der Waals surface area contributed by atoms with Crippen LogP contribution in [-0.4, -0.2) is 41.7 Å². The van der Waals surface area contributed by atoms with E-state index in [9.17, 15) is 0 Å². The van der Waals surface area contributed by atoms with Crippen molar-refractivity contribution in [3.05, 3.63) is 72.2 Å². The molecule has 2 aliphatic rings. The lowest BCUT2D eigenvalue weighted by molar-refractivity contribution is 0.329. The molecular formula is C26H28N6O. The predicted molar refractivity (Wildman–Crippen MR) is 131 cm³/mol. The molecule has 0 saturated carbocycles. The number of piperidine rings is 1. The molecule has 0 bridgehead atoms. The summed E-state index contributed by atoms with van der Waals surface area (Å²) in [5, 5.41) is 8.23. The number of para-hydroxylation sites is 1. The number of fused-ring (bicyclic) bond motifs is 3. The molecule has 0 aliphatic carbocycles. The lowest BCUT2D eigenvalue weighted by Gasteiger charge is -2.35. The lowest BCUT2D eigenvalue weighted by Crippen LogP contribution is -2.42. The van der Waals surface area contributed by atoms with Crippen LogP contribution < -0.4 is 20.3 Å². The van der Waals surface area contributed by atoms with Gasteiger partial charge in [0, 0.05) is 41.6 Å². The van der Waals surface area contributed by atoms with E-state index in [1.165, 1.54) is 11.3 Å². The minimum atomic E-state index is 0.121. The van der Waals surface area contributed by atoms with E-state index >= 15 is 0 Å². The summed E-state index contributed by atoms with van der Waals surface area (Å²) in [6.45, 7) is 3.74. The third-order valence-corrected chi connectivity index (χ3v) is 7.14. The second kappa shape index (κ2) is 8.08. The van der Waals surface area contributed by atoms with Crippen molar-refractivity contribution in [1.82, 2.24) is 20.3 Å². The van der Waals surface area contributed by atoms with Crippen molar-refractivity contribution in [2.75, 3.05) is 37.0 Å². The third-order valence-electron chi connectivity index (χ3n) is 7.14. The number of nitrogens with zero attached hydrogens (tertiary/aromatic N) is 3. The quantitative estimate of drug-likeness (QED) is 0.428. The van der Waals surface area contributed by atoms with Crippen LogP contribution in [0.5, 0.6) is 5.75 Å². The number of rotatable bonds is 5. The zero-order chi connectivity index (χ0) is 22.3. The van der Waals surface area contributed by atoms with Crippen LogP contribution in [0.2, 0.25) is 0 Å². The number of aromatic nitrogens is 3. The van der Waals surface area contributed by atoms with E-state index in [4.69, 9.17) is 9.72 Å². The molecule has 6 rings (SSSR count). The fourth-order valence-corrected chi connectivity index (χ4v) is 5.42. The molecule has 3 N–H and O–H groups in total. The summed E-state index contributed by atoms with van der Waals surface area (Å²) in [5.41, 5.74) is 5.94. The Kier molecular flexibility index (Phi) is 4.91. The van der Waals surface area contributed by atoms with E-state index in [1.54, 1.807) is 13.4 Å². The molecule has 0 unspecified atom stereocenters. The van der Waals surface area contributed by atoms with Gasteiger partial charge >= 0.3 is 0 Å². The summed E-state index contributed by atoms with van der Waals surface area (Å²) in [5.74, 6) is 1.89. The molecule has 0 atom stereocenters. The van der Waals surface area contributed by atoms with Gasteiger partial charge in [0.05, 0.1) is 12.5 Å². The van der Waals surface area contributed by atoms with Gasteiger partial charge in [0.25, 0.3) is 0 Å². The van der Waals surface area contributed by atoms with Crippen molar-refractivity contribution in [2.45, 2.75) is 24.8 Å². The van der Waals surface area contributed by atoms with Crippen LogP contribution in [0.25, 0.3) is 11.0 Å². The summed E-state index contributed by atoms with van der Waals surface area (Å²) in [6, 6.07) is 17.0. The van der Waals surface area contributed by atoms with Crippen LogP contribution in [0.15, 0.2) is 61.1 Å². The largest absolute Gasteiger partial charge is 0.496 e. The van der Waals surface area contributed by atoms with Crippen LogP contribution in [0.1, 0.15) is 24.0 Å². The average Bonchev–Trinajstić information content (AvgIpc) is 3.47. The monoisotopic (exact) mass is 440 g/mol. The SMILES string of the molecule is COc1ccccc1CNc1ccc2c(c1)C1(CCNCC1)CN2c1ncnc2[nH]ccc12. The number of H-pyrrole nitrogens is 1. The van der Waals surface area contributed by atoms with Gasteiger partial charge in [0.15, 0.2) is 0 Å². The Balaban J connectivity index is 1.37. The number of methoxy groups -OCH3 is 1. The molecule has 33 heavy (non-hydrogen) atoms. The zero-order valence-corrected chi connectivity index (χ0v) is 18.8. The first kappa shape index (κ1) is 20.1. The maximum atomic E-state index is 5.52. The Labute approximate surface area is 193 Å². The van der Waals surface area contributed by atoms with Gasteiger partial charge in [0.1, 0.15) is 23.5 Å². The van der Waals surface area contributed by atoms with E-state index in [2.05, 4.69) is 55.8 Å². The molecular weight excluding hydrogens is 412 g/mol. The van der Waals surface area contributed by atoms with Crippen molar-refractivity contribution in [3.8, 4) is 5.75 Å². The first-order valence-corrected chi connectivity index (χ1v) is 11.5. The predicted octanol–water partition coefficient (Wildman–Crippen LogP) is 4.35. The molecule has 7 nitrogen and oxygen atoms in total. The first-order chi connectivity index (χ1) is 16.3. The molecule has 4 heterocycles. The van der Waals surface area contributed by atoms with Gasteiger partial charge < -0.3 is 25.3 Å². The molecule has 4 aromatic rings. The summed E-state index contributed by atoms with van der Waals surface area (Å²) in [7, 11) is 1.72. The Morgan fingerprint density at radius 2 is 1.97 bits per heavy atom. The molecule has 7 heteroatoms. The number of nitrogens with one attached hydrogen (secondary N) is 3. The van der Waals surface area contributed by atoms with Crippen LogP contribution in [-0.2, 0) is 12.0 Å². The third kappa shape index (κ3) is 3.40. The van der Waals surface area contributed by atoms with Crippen LogP contribution in [0.4, 0.5) is 17.2 Å². The summed E-state index contributed by atoms with van der Waals surface area (Å²) < 4.78 is 5.52. The van der Waals surface area contributed by atoms with Crippen LogP contribution in [0, 0.1) is 0 Å². The Morgan fingerprint density at radius 3 is 2.85 bits per heavy atom. The zero-order valence-electron chi connectivity index (χ0n) is 18.8. The molecule has 1 spiro atoms. The first-order valence-electron chi connectivity index (χ1n) is 11.5. The summed E-state index contributed by atoms with van der Waals surface area (Å²) in [4.78, 5) is 14.7. The standard InChI is InChI=1S/C26H28N6O/c1-33-23-5-3-2-4-18(23)15-29-19-6-7-22-21(14-19)26(9-12-27-13-10-26)16-32(22)25-20-8-11-28-24(20)30-17-31-25/h2-8,11,14,17,27,29H,9-10,12-13,15-16H2,1H3,(H,28,30,31). The van der Waals surface area contributed by atoms with Crippen LogP contribution in [0.3, 0.4) is 0 Å². The second-order valence-electron chi connectivity index (χ2n) is 8.95. The maximum absolute atomic E-state index is 5.52. The fraction of sp³-hybridized carbons (Fsp3) is 0.308. The fourth-order valence-electron chi connectivity index (χ4n) is 5.42. The van der Waals surface area contributed by atoms with Crippen molar-refractivity contribution in [1.29, 1.82) is 0 Å². The molecule has 0 radical (unpaired) electrons. The van der Waals surface area contributed by atoms with Gasteiger partial charge in [-0.15, -0.1) is 0 Å². The van der Waals surface area contributed by atoms with E-state index in [0.29, 0.717) is 0 Å².